The lowest BCUT2D eigenvalue weighted by molar-refractivity contribution is 0.0189. The molecule has 1 aromatic heterocycles. The number of nitrogens with two attached hydrogens (primary N) is 1. The number of likely N-dealkylation sites (tertiary alicyclic amines) is 1. The second-order valence-electron chi connectivity index (χ2n) is 8.36. The number of carbonyl (C=O) groups is 1. The number of unbranched alkanes of at least 4 members (excludes halogenated alkanes) is 1. The number of para-hydroxylation sites is 1. The van der Waals surface area contributed by atoms with Gasteiger partial charge in [0.25, 0.3) is 0 Å². The van der Waals surface area contributed by atoms with Crippen LogP contribution in [0.5, 0.6) is 0 Å². The fourth-order valence-corrected chi connectivity index (χ4v) is 3.61. The molecule has 0 spiro atoms. The van der Waals surface area contributed by atoms with E-state index in [1.54, 1.807) is 0 Å². The Kier molecular flexibility index (Phi) is 6.31. The Labute approximate surface area is 167 Å². The Bertz CT molecular complexity index is 875. The van der Waals surface area contributed by atoms with Gasteiger partial charge in [-0.1, -0.05) is 30.0 Å². The van der Waals surface area contributed by atoms with Crippen LogP contribution in [0.4, 0.5) is 4.79 Å². The molecule has 5 nitrogen and oxygen atoms in total. The van der Waals surface area contributed by atoms with Crippen molar-refractivity contribution in [3.8, 4) is 11.8 Å². The molecule has 5 heteroatoms. The van der Waals surface area contributed by atoms with Crippen molar-refractivity contribution >= 4 is 17.0 Å². The maximum Gasteiger partial charge on any atom is 0.410 e. The predicted octanol–water partition coefficient (Wildman–Crippen LogP) is 4.30. The second-order valence-corrected chi connectivity index (χ2v) is 8.36. The number of carbonyl (C=O) groups excluding carboxylic acids is 1. The van der Waals surface area contributed by atoms with Crippen molar-refractivity contribution in [3.63, 3.8) is 0 Å². The molecule has 3 rings (SSSR count). The zero-order chi connectivity index (χ0) is 20.1. The summed E-state index contributed by atoms with van der Waals surface area (Å²) in [6, 6.07) is 8.78. The van der Waals surface area contributed by atoms with Crippen LogP contribution in [0.2, 0.25) is 0 Å². The fourth-order valence-electron chi connectivity index (χ4n) is 3.61. The minimum atomic E-state index is -0.456. The average molecular weight is 382 g/mol. The molecule has 0 atom stereocenters. The largest absolute Gasteiger partial charge is 0.444 e. The summed E-state index contributed by atoms with van der Waals surface area (Å²) in [5, 5.41) is 1.19. The highest BCUT2D eigenvalue weighted by molar-refractivity contribution is 5.87. The van der Waals surface area contributed by atoms with Crippen LogP contribution in [-0.4, -0.2) is 40.8 Å². The first kappa shape index (κ1) is 20.3. The number of rotatable bonds is 3. The number of hydrogen-bond acceptors (Lipinski definition) is 3. The molecule has 0 radical (unpaired) electrons. The van der Waals surface area contributed by atoms with Crippen LogP contribution >= 0.6 is 0 Å². The average Bonchev–Trinajstić information content (AvgIpc) is 3.03. The molecule has 1 aliphatic heterocycles. The number of aromatic nitrogens is 1. The molecule has 0 bridgehead atoms. The first-order chi connectivity index (χ1) is 13.4. The van der Waals surface area contributed by atoms with Crippen LogP contribution in [0.1, 0.15) is 58.1 Å². The van der Waals surface area contributed by atoms with Crippen molar-refractivity contribution in [2.75, 3.05) is 19.6 Å². The molecule has 1 amide bonds. The number of amides is 1. The SMILES string of the molecule is CC(C)(C)OC(=O)N1CCC(n2cc(C#CCCCN)c3ccccc32)CC1. The molecule has 1 aromatic carbocycles. The summed E-state index contributed by atoms with van der Waals surface area (Å²) >= 11 is 0. The van der Waals surface area contributed by atoms with Gasteiger partial charge in [0.05, 0.1) is 5.56 Å². The highest BCUT2D eigenvalue weighted by atomic mass is 16.6. The van der Waals surface area contributed by atoms with Gasteiger partial charge in [0, 0.05) is 42.7 Å². The molecule has 28 heavy (non-hydrogen) atoms. The van der Waals surface area contributed by atoms with Gasteiger partial charge < -0.3 is 19.9 Å². The maximum absolute atomic E-state index is 12.3. The highest BCUT2D eigenvalue weighted by Gasteiger charge is 2.28. The molecule has 2 heterocycles. The zero-order valence-electron chi connectivity index (χ0n) is 17.2. The van der Waals surface area contributed by atoms with E-state index in [1.807, 2.05) is 25.7 Å². The molecule has 150 valence electrons. The van der Waals surface area contributed by atoms with Crippen molar-refractivity contribution < 1.29 is 9.53 Å². The van der Waals surface area contributed by atoms with Crippen molar-refractivity contribution in [1.82, 2.24) is 9.47 Å². The van der Waals surface area contributed by atoms with E-state index in [0.29, 0.717) is 25.7 Å². The molecule has 0 unspecified atom stereocenters. The van der Waals surface area contributed by atoms with Gasteiger partial charge in [-0.25, -0.2) is 4.79 Å². The van der Waals surface area contributed by atoms with E-state index < -0.39 is 5.60 Å². The summed E-state index contributed by atoms with van der Waals surface area (Å²) in [4.78, 5) is 14.1. The van der Waals surface area contributed by atoms with Crippen molar-refractivity contribution in [1.29, 1.82) is 0 Å². The number of fused-ring (bicyclic) bond motifs is 1. The Morgan fingerprint density at radius 1 is 1.25 bits per heavy atom. The van der Waals surface area contributed by atoms with Crippen molar-refractivity contribution in [2.24, 2.45) is 5.73 Å². The van der Waals surface area contributed by atoms with E-state index in [1.165, 1.54) is 10.9 Å². The number of ether oxygens (including phenoxy) is 1. The molecule has 2 aromatic rings. The number of benzene rings is 1. The monoisotopic (exact) mass is 381 g/mol. The van der Waals surface area contributed by atoms with Gasteiger partial charge in [-0.2, -0.15) is 0 Å². The summed E-state index contributed by atoms with van der Waals surface area (Å²) < 4.78 is 7.85. The second kappa shape index (κ2) is 8.70. The van der Waals surface area contributed by atoms with Gasteiger partial charge in [-0.05, 0) is 52.6 Å². The van der Waals surface area contributed by atoms with Crippen LogP contribution in [0, 0.1) is 11.8 Å². The summed E-state index contributed by atoms with van der Waals surface area (Å²) in [5.41, 5.74) is 7.38. The van der Waals surface area contributed by atoms with E-state index in [4.69, 9.17) is 10.5 Å². The van der Waals surface area contributed by atoms with E-state index in [9.17, 15) is 4.79 Å². The summed E-state index contributed by atoms with van der Waals surface area (Å²) in [7, 11) is 0. The Morgan fingerprint density at radius 2 is 1.96 bits per heavy atom. The van der Waals surface area contributed by atoms with Crippen molar-refractivity contribution in [2.45, 2.75) is 58.1 Å². The quantitative estimate of drug-likeness (QED) is 0.637. The zero-order valence-corrected chi connectivity index (χ0v) is 17.2. The molecular weight excluding hydrogens is 350 g/mol. The molecule has 2 N–H and O–H groups in total. The van der Waals surface area contributed by atoms with E-state index in [0.717, 1.165) is 31.2 Å². The number of nitrogens with zero attached hydrogens (tertiary/aromatic N) is 2. The summed E-state index contributed by atoms with van der Waals surface area (Å²) in [6.45, 7) is 7.80. The van der Waals surface area contributed by atoms with Gasteiger partial charge in [-0.3, -0.25) is 0 Å². The molecular formula is C23H31N3O2. The van der Waals surface area contributed by atoms with Gasteiger partial charge in [0.15, 0.2) is 0 Å². The third-order valence-corrected chi connectivity index (χ3v) is 4.98. The third-order valence-electron chi connectivity index (χ3n) is 4.98. The maximum atomic E-state index is 12.3. The standard InChI is InChI=1S/C23H31N3O2/c1-23(2,3)28-22(27)25-15-12-19(13-16-25)26-17-18(9-5-4-8-14-24)20-10-6-7-11-21(20)26/h6-7,10-11,17,19H,4,8,12-16,24H2,1-3H3. The Hall–Kier alpha value is -2.45. The first-order valence-corrected chi connectivity index (χ1v) is 10.2. The lowest BCUT2D eigenvalue weighted by atomic mass is 10.0. The van der Waals surface area contributed by atoms with Gasteiger partial charge in [0.2, 0.25) is 0 Å². The van der Waals surface area contributed by atoms with E-state index in [2.05, 4.69) is 46.9 Å². The minimum absolute atomic E-state index is 0.213. The summed E-state index contributed by atoms with van der Waals surface area (Å²) in [6.07, 6.45) is 5.54. The van der Waals surface area contributed by atoms with Gasteiger partial charge in [0.1, 0.15) is 5.60 Å². The van der Waals surface area contributed by atoms with Crippen LogP contribution < -0.4 is 5.73 Å². The lowest BCUT2D eigenvalue weighted by Crippen LogP contribution is -2.42. The molecule has 0 aliphatic carbocycles. The minimum Gasteiger partial charge on any atom is -0.444 e. The highest BCUT2D eigenvalue weighted by Crippen LogP contribution is 2.30. The predicted molar refractivity (Wildman–Crippen MR) is 113 cm³/mol. The molecule has 1 fully saturated rings. The first-order valence-electron chi connectivity index (χ1n) is 10.2. The van der Waals surface area contributed by atoms with Crippen LogP contribution in [0.25, 0.3) is 10.9 Å². The van der Waals surface area contributed by atoms with E-state index in [-0.39, 0.29) is 6.09 Å². The normalized spacial score (nSPS) is 15.4. The van der Waals surface area contributed by atoms with Crippen LogP contribution in [0.15, 0.2) is 30.5 Å². The Balaban J connectivity index is 1.74. The Morgan fingerprint density at radius 3 is 2.64 bits per heavy atom. The fraction of sp³-hybridized carbons (Fsp3) is 0.522. The topological polar surface area (TPSA) is 60.5 Å². The van der Waals surface area contributed by atoms with Crippen LogP contribution in [0.3, 0.4) is 0 Å². The van der Waals surface area contributed by atoms with Crippen LogP contribution in [-0.2, 0) is 4.74 Å². The smallest absolute Gasteiger partial charge is 0.410 e. The van der Waals surface area contributed by atoms with E-state index >= 15 is 0 Å². The van der Waals surface area contributed by atoms with Gasteiger partial charge in [-0.15, -0.1) is 0 Å². The van der Waals surface area contributed by atoms with Crippen molar-refractivity contribution in [3.05, 3.63) is 36.0 Å². The number of piperidine rings is 1. The summed E-state index contributed by atoms with van der Waals surface area (Å²) in [5.74, 6) is 6.57. The molecule has 1 saturated heterocycles. The van der Waals surface area contributed by atoms with Gasteiger partial charge >= 0.3 is 6.09 Å². The third kappa shape index (κ3) is 4.88. The lowest BCUT2D eigenvalue weighted by Gasteiger charge is -2.34. The molecule has 0 saturated carbocycles. The molecule has 1 aliphatic rings. The number of hydrogen-bond donors (Lipinski definition) is 1.